The number of hydrogen-bond donors (Lipinski definition) is 0. The summed E-state index contributed by atoms with van der Waals surface area (Å²) in [5, 5.41) is 3.23. The molecule has 1 aromatic carbocycles. The summed E-state index contributed by atoms with van der Waals surface area (Å²) >= 11 is 0. The smallest absolute Gasteiger partial charge is 0.395 e. The van der Waals surface area contributed by atoms with E-state index >= 15 is 0 Å². The fraction of sp³-hybridized carbons (Fsp3) is 0.500. The van der Waals surface area contributed by atoms with E-state index in [2.05, 4.69) is 5.16 Å². The van der Waals surface area contributed by atoms with Crippen LogP contribution in [0.2, 0.25) is 0 Å². The van der Waals surface area contributed by atoms with Crippen LogP contribution in [0.1, 0.15) is 18.4 Å². The summed E-state index contributed by atoms with van der Waals surface area (Å²) in [6, 6.07) is 7.34. The first-order chi connectivity index (χ1) is 10.1. The number of oxime groups is 1. The minimum Gasteiger partial charge on any atom is -0.395 e. The molecule has 116 valence electrons. The highest BCUT2D eigenvalue weighted by Crippen LogP contribution is 2.22. The Bertz CT molecular complexity index is 456. The van der Waals surface area contributed by atoms with Crippen molar-refractivity contribution in [3.8, 4) is 0 Å². The van der Waals surface area contributed by atoms with Gasteiger partial charge in [0, 0.05) is 12.0 Å². The highest BCUT2D eigenvalue weighted by atomic mass is 19.4. The van der Waals surface area contributed by atoms with Crippen molar-refractivity contribution in [2.75, 3.05) is 19.8 Å². The molecule has 0 spiro atoms. The molecule has 2 rings (SSSR count). The van der Waals surface area contributed by atoms with Crippen LogP contribution in [0.3, 0.4) is 0 Å². The van der Waals surface area contributed by atoms with Crippen molar-refractivity contribution in [1.29, 1.82) is 0 Å². The van der Waals surface area contributed by atoms with Crippen LogP contribution in [0, 0.1) is 0 Å². The second kappa shape index (κ2) is 7.42. The van der Waals surface area contributed by atoms with Crippen molar-refractivity contribution in [2.45, 2.75) is 25.3 Å². The van der Waals surface area contributed by atoms with Gasteiger partial charge in [0.1, 0.15) is 6.61 Å². The predicted octanol–water partition coefficient (Wildman–Crippen LogP) is 3.12. The predicted molar refractivity (Wildman–Crippen MR) is 69.9 cm³/mol. The molecule has 0 radical (unpaired) electrons. The quantitative estimate of drug-likeness (QED) is 0.477. The molecule has 1 aliphatic heterocycles. The van der Waals surface area contributed by atoms with Crippen molar-refractivity contribution >= 4 is 5.71 Å². The Morgan fingerprint density at radius 2 is 1.86 bits per heavy atom. The van der Waals surface area contributed by atoms with E-state index in [1.165, 1.54) is 24.3 Å². The van der Waals surface area contributed by atoms with E-state index in [0.29, 0.717) is 19.6 Å². The Hall–Kier alpha value is -1.60. The summed E-state index contributed by atoms with van der Waals surface area (Å²) in [6.45, 7) is 1.18. The molecule has 1 heterocycles. The Morgan fingerprint density at radius 3 is 2.48 bits per heavy atom. The van der Waals surface area contributed by atoms with Crippen LogP contribution in [0.25, 0.3) is 0 Å². The van der Waals surface area contributed by atoms with Gasteiger partial charge >= 0.3 is 6.18 Å². The minimum atomic E-state index is -4.57. The van der Waals surface area contributed by atoms with E-state index in [9.17, 15) is 13.2 Å². The van der Waals surface area contributed by atoms with Crippen LogP contribution in [-0.4, -0.2) is 38.0 Å². The molecule has 4 nitrogen and oxygen atoms in total. The summed E-state index contributed by atoms with van der Waals surface area (Å²) in [5.74, 6) is 0. The van der Waals surface area contributed by atoms with Crippen LogP contribution in [0.4, 0.5) is 13.2 Å². The third-order valence-corrected chi connectivity index (χ3v) is 2.81. The van der Waals surface area contributed by atoms with Gasteiger partial charge in [0.25, 0.3) is 0 Å². The fourth-order valence-electron chi connectivity index (χ4n) is 1.83. The van der Waals surface area contributed by atoms with E-state index < -0.39 is 18.2 Å². The molecule has 21 heavy (non-hydrogen) atoms. The van der Waals surface area contributed by atoms with Crippen LogP contribution < -0.4 is 0 Å². The van der Waals surface area contributed by atoms with Gasteiger partial charge in [-0.3, -0.25) is 0 Å². The van der Waals surface area contributed by atoms with Gasteiger partial charge in [-0.2, -0.15) is 13.2 Å². The van der Waals surface area contributed by atoms with Crippen molar-refractivity contribution < 1.29 is 27.5 Å². The maximum absolute atomic E-state index is 12.9. The van der Waals surface area contributed by atoms with Crippen molar-refractivity contribution in [2.24, 2.45) is 5.16 Å². The number of ether oxygens (including phenoxy) is 2. The monoisotopic (exact) mass is 303 g/mol. The number of rotatable bonds is 5. The topological polar surface area (TPSA) is 40.0 Å². The lowest BCUT2D eigenvalue weighted by atomic mass is 10.1. The van der Waals surface area contributed by atoms with Crippen LogP contribution in [0.15, 0.2) is 35.5 Å². The third-order valence-electron chi connectivity index (χ3n) is 2.81. The molecular weight excluding hydrogens is 287 g/mol. The molecule has 1 aliphatic rings. The average molecular weight is 303 g/mol. The summed E-state index contributed by atoms with van der Waals surface area (Å²) in [5.41, 5.74) is -1.08. The maximum Gasteiger partial charge on any atom is 0.437 e. The second-order valence-corrected chi connectivity index (χ2v) is 4.45. The van der Waals surface area contributed by atoms with Gasteiger partial charge in [-0.15, -0.1) is 0 Å². The van der Waals surface area contributed by atoms with Crippen LogP contribution in [0.5, 0.6) is 0 Å². The van der Waals surface area contributed by atoms with Crippen molar-refractivity contribution in [1.82, 2.24) is 0 Å². The van der Waals surface area contributed by atoms with Gasteiger partial charge in [0.05, 0.1) is 13.2 Å². The molecule has 0 atom stereocenters. The molecule has 0 aliphatic carbocycles. The van der Waals surface area contributed by atoms with E-state index in [-0.39, 0.29) is 12.2 Å². The lowest BCUT2D eigenvalue weighted by molar-refractivity contribution is -0.186. The molecule has 7 heteroatoms. The van der Waals surface area contributed by atoms with E-state index in [4.69, 9.17) is 14.3 Å². The molecule has 0 amide bonds. The normalized spacial score (nSPS) is 17.8. The highest BCUT2D eigenvalue weighted by molar-refractivity contribution is 6.04. The molecule has 0 bridgehead atoms. The average Bonchev–Trinajstić information content (AvgIpc) is 2.48. The molecule has 0 aromatic heterocycles. The Labute approximate surface area is 120 Å². The zero-order valence-corrected chi connectivity index (χ0v) is 11.3. The molecule has 0 N–H and O–H groups in total. The number of hydrogen-bond acceptors (Lipinski definition) is 4. The maximum atomic E-state index is 12.9. The minimum absolute atomic E-state index is 0.00290. The molecular formula is C14H16F3NO3. The van der Waals surface area contributed by atoms with Crippen LogP contribution >= 0.6 is 0 Å². The molecule has 1 fully saturated rings. The van der Waals surface area contributed by atoms with Crippen molar-refractivity contribution in [3.05, 3.63) is 35.9 Å². The zero-order valence-electron chi connectivity index (χ0n) is 11.3. The SMILES string of the molecule is FC(F)(F)C(=NOCCC1OCCCO1)c1ccccc1. The van der Waals surface area contributed by atoms with E-state index in [1.807, 2.05) is 0 Å². The molecule has 0 saturated carbocycles. The molecule has 1 saturated heterocycles. The van der Waals surface area contributed by atoms with Gasteiger partial charge in [-0.25, -0.2) is 0 Å². The van der Waals surface area contributed by atoms with Crippen LogP contribution in [-0.2, 0) is 14.3 Å². The highest BCUT2D eigenvalue weighted by Gasteiger charge is 2.37. The number of benzene rings is 1. The van der Waals surface area contributed by atoms with Crippen molar-refractivity contribution in [3.63, 3.8) is 0 Å². The van der Waals surface area contributed by atoms with E-state index in [1.54, 1.807) is 6.07 Å². The van der Waals surface area contributed by atoms with E-state index in [0.717, 1.165) is 6.42 Å². The summed E-state index contributed by atoms with van der Waals surface area (Å²) in [6.07, 6.45) is -3.84. The molecule has 1 aromatic rings. The fourth-order valence-corrected chi connectivity index (χ4v) is 1.83. The lowest BCUT2D eigenvalue weighted by Crippen LogP contribution is -2.26. The first-order valence-electron chi connectivity index (χ1n) is 6.63. The van der Waals surface area contributed by atoms with Gasteiger partial charge in [0.2, 0.25) is 0 Å². The second-order valence-electron chi connectivity index (χ2n) is 4.45. The number of nitrogens with zero attached hydrogens (tertiary/aromatic N) is 1. The summed E-state index contributed by atoms with van der Waals surface area (Å²) in [7, 11) is 0. The largest absolute Gasteiger partial charge is 0.437 e. The van der Waals surface area contributed by atoms with Gasteiger partial charge < -0.3 is 14.3 Å². The standard InChI is InChI=1S/C14H16F3NO3/c15-14(16,17)13(11-5-2-1-3-6-11)18-21-10-7-12-19-8-4-9-20-12/h1-3,5-6,12H,4,7-10H2. The number of halogens is 3. The van der Waals surface area contributed by atoms with Gasteiger partial charge in [0.15, 0.2) is 12.0 Å². The summed E-state index contributed by atoms with van der Waals surface area (Å²) < 4.78 is 49.3. The third kappa shape index (κ3) is 5.02. The summed E-state index contributed by atoms with van der Waals surface area (Å²) in [4.78, 5) is 4.79. The van der Waals surface area contributed by atoms with Gasteiger partial charge in [-0.05, 0) is 6.42 Å². The first-order valence-corrected chi connectivity index (χ1v) is 6.63. The first kappa shape index (κ1) is 15.8. The zero-order chi connectivity index (χ0) is 15.1. The molecule has 0 unspecified atom stereocenters. The Morgan fingerprint density at radius 1 is 1.19 bits per heavy atom. The Balaban J connectivity index is 1.91. The lowest BCUT2D eigenvalue weighted by Gasteiger charge is -2.22. The number of alkyl halides is 3. The Kier molecular flexibility index (Phi) is 5.58. The van der Waals surface area contributed by atoms with Gasteiger partial charge in [-0.1, -0.05) is 35.5 Å².